The fourth-order valence-electron chi connectivity index (χ4n) is 3.09. The van der Waals surface area contributed by atoms with Gasteiger partial charge < -0.3 is 10.2 Å². The topological polar surface area (TPSA) is 69.7 Å². The van der Waals surface area contributed by atoms with Gasteiger partial charge in [-0.05, 0) is 69.9 Å². The zero-order chi connectivity index (χ0) is 18.4. The fourth-order valence-corrected chi connectivity index (χ4v) is 4.00. The first-order chi connectivity index (χ1) is 11.8. The number of likely N-dealkylation sites (tertiary alicyclic amines) is 1. The van der Waals surface area contributed by atoms with Crippen LogP contribution >= 0.6 is 0 Å². The Morgan fingerprint density at radius 2 is 1.92 bits per heavy atom. The van der Waals surface area contributed by atoms with Crippen LogP contribution < -0.4 is 9.62 Å². The van der Waals surface area contributed by atoms with E-state index in [0.717, 1.165) is 43.4 Å². The van der Waals surface area contributed by atoms with Crippen LogP contribution in [0.3, 0.4) is 0 Å². The summed E-state index contributed by atoms with van der Waals surface area (Å²) in [4.78, 5) is 14.6. The van der Waals surface area contributed by atoms with E-state index in [4.69, 9.17) is 0 Å². The summed E-state index contributed by atoms with van der Waals surface area (Å²) < 4.78 is 25.5. The van der Waals surface area contributed by atoms with Crippen molar-refractivity contribution in [2.75, 3.05) is 43.3 Å². The van der Waals surface area contributed by atoms with Gasteiger partial charge in [0.2, 0.25) is 15.9 Å². The lowest BCUT2D eigenvalue weighted by Crippen LogP contribution is -2.41. The Balaban J connectivity index is 1.93. The molecule has 2 rings (SSSR count). The first-order valence-electron chi connectivity index (χ1n) is 8.81. The maximum absolute atomic E-state index is 12.2. The van der Waals surface area contributed by atoms with Gasteiger partial charge in [-0.1, -0.05) is 12.1 Å². The summed E-state index contributed by atoms with van der Waals surface area (Å²) >= 11 is 0. The minimum atomic E-state index is -3.53. The van der Waals surface area contributed by atoms with Crippen molar-refractivity contribution < 1.29 is 13.2 Å². The number of nitrogens with zero attached hydrogens (tertiary/aromatic N) is 2. The third kappa shape index (κ3) is 6.01. The number of carbonyl (C=O) groups excluding carboxylic acids is 1. The van der Waals surface area contributed by atoms with Gasteiger partial charge in [0.05, 0.1) is 11.9 Å². The van der Waals surface area contributed by atoms with Crippen LogP contribution in [0.5, 0.6) is 0 Å². The van der Waals surface area contributed by atoms with Crippen molar-refractivity contribution in [1.82, 2.24) is 10.2 Å². The van der Waals surface area contributed by atoms with Crippen molar-refractivity contribution in [2.24, 2.45) is 0 Å². The predicted octanol–water partition coefficient (Wildman–Crippen LogP) is 1.67. The molecule has 0 bridgehead atoms. The van der Waals surface area contributed by atoms with Crippen molar-refractivity contribution in [3.8, 4) is 0 Å². The molecule has 0 atom stereocenters. The van der Waals surface area contributed by atoms with Crippen LogP contribution in [0.2, 0.25) is 0 Å². The molecule has 25 heavy (non-hydrogen) atoms. The van der Waals surface area contributed by atoms with Crippen molar-refractivity contribution in [1.29, 1.82) is 0 Å². The normalized spacial score (nSPS) is 15.3. The van der Waals surface area contributed by atoms with Crippen LogP contribution in [0, 0.1) is 13.8 Å². The third-order valence-corrected chi connectivity index (χ3v) is 5.62. The van der Waals surface area contributed by atoms with Crippen LogP contribution in [0.25, 0.3) is 0 Å². The second-order valence-corrected chi connectivity index (χ2v) is 8.72. The monoisotopic (exact) mass is 367 g/mol. The number of aryl methyl sites for hydroxylation is 2. The van der Waals surface area contributed by atoms with Crippen LogP contribution in [0.1, 0.15) is 30.4 Å². The average Bonchev–Trinajstić information content (AvgIpc) is 3.04. The zero-order valence-electron chi connectivity index (χ0n) is 15.4. The Morgan fingerprint density at radius 3 is 2.56 bits per heavy atom. The van der Waals surface area contributed by atoms with E-state index in [0.29, 0.717) is 12.2 Å². The molecular weight excluding hydrogens is 338 g/mol. The standard InChI is InChI=1S/C18H29N3O3S/c1-15-7-8-16(2)17(13-15)21(25(3,23)24)14-18(22)19-9-6-12-20-10-4-5-11-20/h7-8,13H,4-6,9-12,14H2,1-3H3,(H,19,22). The van der Waals surface area contributed by atoms with Gasteiger partial charge in [-0.15, -0.1) is 0 Å². The predicted molar refractivity (Wildman–Crippen MR) is 101 cm³/mol. The van der Waals surface area contributed by atoms with E-state index >= 15 is 0 Å². The van der Waals surface area contributed by atoms with Crippen LogP contribution in [-0.4, -0.2) is 58.2 Å². The number of hydrogen-bond acceptors (Lipinski definition) is 4. The van der Waals surface area contributed by atoms with E-state index in [9.17, 15) is 13.2 Å². The molecule has 1 amide bonds. The Bertz CT molecular complexity index is 698. The highest BCUT2D eigenvalue weighted by Gasteiger charge is 2.22. The van der Waals surface area contributed by atoms with Gasteiger partial charge in [-0.3, -0.25) is 9.10 Å². The van der Waals surface area contributed by atoms with Gasteiger partial charge in [0.15, 0.2) is 0 Å². The highest BCUT2D eigenvalue weighted by Crippen LogP contribution is 2.23. The Labute approximate surface area is 151 Å². The smallest absolute Gasteiger partial charge is 0.240 e. The van der Waals surface area contributed by atoms with E-state index < -0.39 is 10.0 Å². The molecule has 1 fully saturated rings. The largest absolute Gasteiger partial charge is 0.354 e. The molecule has 0 aliphatic carbocycles. The molecule has 0 spiro atoms. The molecule has 0 unspecified atom stereocenters. The molecule has 0 aromatic heterocycles. The van der Waals surface area contributed by atoms with E-state index in [2.05, 4.69) is 10.2 Å². The summed E-state index contributed by atoms with van der Waals surface area (Å²) in [5, 5.41) is 2.84. The summed E-state index contributed by atoms with van der Waals surface area (Å²) in [5.74, 6) is -0.271. The lowest BCUT2D eigenvalue weighted by molar-refractivity contribution is -0.119. The molecule has 7 heteroatoms. The molecular formula is C18H29N3O3S. The van der Waals surface area contributed by atoms with Crippen molar-refractivity contribution >= 4 is 21.6 Å². The molecule has 1 aromatic rings. The molecule has 1 heterocycles. The molecule has 0 radical (unpaired) electrons. The molecule has 1 aromatic carbocycles. The van der Waals surface area contributed by atoms with Gasteiger partial charge in [-0.25, -0.2) is 8.42 Å². The van der Waals surface area contributed by atoms with Gasteiger partial charge >= 0.3 is 0 Å². The SMILES string of the molecule is Cc1ccc(C)c(N(CC(=O)NCCCN2CCCC2)S(C)(=O)=O)c1. The van der Waals surface area contributed by atoms with Crippen LogP contribution in [-0.2, 0) is 14.8 Å². The van der Waals surface area contributed by atoms with Crippen LogP contribution in [0.15, 0.2) is 18.2 Å². The molecule has 140 valence electrons. The summed E-state index contributed by atoms with van der Waals surface area (Å²) in [6.07, 6.45) is 4.53. The van der Waals surface area contributed by atoms with Gasteiger partial charge in [0, 0.05) is 6.54 Å². The lowest BCUT2D eigenvalue weighted by atomic mass is 10.1. The Morgan fingerprint density at radius 1 is 1.24 bits per heavy atom. The van der Waals surface area contributed by atoms with Crippen molar-refractivity contribution in [2.45, 2.75) is 33.1 Å². The Hall–Kier alpha value is -1.60. The summed E-state index contributed by atoms with van der Waals surface area (Å²) in [6.45, 7) is 7.40. The number of hydrogen-bond donors (Lipinski definition) is 1. The number of carbonyl (C=O) groups is 1. The first kappa shape index (κ1) is 19.7. The molecule has 6 nitrogen and oxygen atoms in total. The summed E-state index contributed by atoms with van der Waals surface area (Å²) in [5.41, 5.74) is 2.35. The van der Waals surface area contributed by atoms with Crippen LogP contribution in [0.4, 0.5) is 5.69 Å². The second kappa shape index (κ2) is 8.67. The Kier molecular flexibility index (Phi) is 6.84. The van der Waals surface area contributed by atoms with Gasteiger partial charge in [0.25, 0.3) is 0 Å². The number of nitrogens with one attached hydrogen (secondary N) is 1. The maximum Gasteiger partial charge on any atom is 0.240 e. The van der Waals surface area contributed by atoms with E-state index in [1.165, 1.54) is 17.1 Å². The molecule has 0 saturated carbocycles. The van der Waals surface area contributed by atoms with E-state index in [1.807, 2.05) is 26.0 Å². The highest BCUT2D eigenvalue weighted by atomic mass is 32.2. The van der Waals surface area contributed by atoms with Gasteiger partial charge in [-0.2, -0.15) is 0 Å². The third-order valence-electron chi connectivity index (χ3n) is 4.49. The zero-order valence-corrected chi connectivity index (χ0v) is 16.2. The summed E-state index contributed by atoms with van der Waals surface area (Å²) in [7, 11) is -3.53. The van der Waals surface area contributed by atoms with E-state index in [-0.39, 0.29) is 12.5 Å². The minimum Gasteiger partial charge on any atom is -0.354 e. The fraction of sp³-hybridized carbons (Fsp3) is 0.611. The highest BCUT2D eigenvalue weighted by molar-refractivity contribution is 7.92. The van der Waals surface area contributed by atoms with Crippen molar-refractivity contribution in [3.63, 3.8) is 0 Å². The number of sulfonamides is 1. The molecule has 1 aliphatic heterocycles. The number of benzene rings is 1. The van der Waals surface area contributed by atoms with E-state index in [1.54, 1.807) is 6.07 Å². The lowest BCUT2D eigenvalue weighted by Gasteiger charge is -2.24. The molecule has 1 saturated heterocycles. The van der Waals surface area contributed by atoms with Crippen molar-refractivity contribution in [3.05, 3.63) is 29.3 Å². The molecule has 1 N–H and O–H groups in total. The van der Waals surface area contributed by atoms with Gasteiger partial charge in [0.1, 0.15) is 6.54 Å². The maximum atomic E-state index is 12.2. The minimum absolute atomic E-state index is 0.188. The summed E-state index contributed by atoms with van der Waals surface area (Å²) in [6, 6.07) is 5.60. The molecule has 1 aliphatic rings. The first-order valence-corrected chi connectivity index (χ1v) is 10.7. The quantitative estimate of drug-likeness (QED) is 0.710. The number of rotatable bonds is 8. The number of amides is 1. The average molecular weight is 368 g/mol. The second-order valence-electron chi connectivity index (χ2n) is 6.81. The number of anilines is 1.